The molecule has 0 fully saturated rings. The molecule has 0 radical (unpaired) electrons. The molecule has 0 saturated heterocycles. The molecule has 1 unspecified atom stereocenters. The van der Waals surface area contributed by atoms with E-state index in [1.54, 1.807) is 0 Å². The molecule has 0 spiro atoms. The minimum absolute atomic E-state index is 0.351. The van der Waals surface area contributed by atoms with E-state index in [9.17, 15) is 0 Å². The van der Waals surface area contributed by atoms with Gasteiger partial charge in [0.25, 0.3) is 0 Å². The van der Waals surface area contributed by atoms with E-state index in [1.807, 2.05) is 0 Å². The van der Waals surface area contributed by atoms with Crippen molar-refractivity contribution < 1.29 is 0 Å². The Hall–Kier alpha value is -6.76. The van der Waals surface area contributed by atoms with Gasteiger partial charge in [0.1, 0.15) is 0 Å². The van der Waals surface area contributed by atoms with E-state index >= 15 is 0 Å². The molecule has 0 bridgehead atoms. The van der Waals surface area contributed by atoms with E-state index in [0.29, 0.717) is 5.92 Å². The Morgan fingerprint density at radius 3 is 1.41 bits per heavy atom. The Labute approximate surface area is 315 Å². The molecule has 0 saturated carbocycles. The van der Waals surface area contributed by atoms with Crippen molar-refractivity contribution in [2.24, 2.45) is 5.92 Å². The van der Waals surface area contributed by atoms with Crippen molar-refractivity contribution in [3.63, 3.8) is 0 Å². The third-order valence-electron chi connectivity index (χ3n) is 11.8. The average molecular weight is 685 g/mol. The maximum absolute atomic E-state index is 2.41. The predicted molar refractivity (Wildman–Crippen MR) is 233 cm³/mol. The van der Waals surface area contributed by atoms with Gasteiger partial charge < -0.3 is 0 Å². The van der Waals surface area contributed by atoms with Crippen LogP contribution < -0.4 is 0 Å². The lowest BCUT2D eigenvalue weighted by atomic mass is 9.75. The third kappa shape index (κ3) is 4.70. The number of hydrogen-bond acceptors (Lipinski definition) is 0. The van der Waals surface area contributed by atoms with Crippen LogP contribution >= 0.6 is 0 Å². The highest BCUT2D eigenvalue weighted by Gasteiger charge is 2.27. The van der Waals surface area contributed by atoms with E-state index in [-0.39, 0.29) is 0 Å². The number of hydrogen-bond donors (Lipinski definition) is 0. The second kappa shape index (κ2) is 12.4. The first-order valence-corrected chi connectivity index (χ1v) is 19.1. The van der Waals surface area contributed by atoms with Crippen molar-refractivity contribution in [3.8, 4) is 33.4 Å². The van der Waals surface area contributed by atoms with Gasteiger partial charge >= 0.3 is 0 Å². The Morgan fingerprint density at radius 1 is 0.352 bits per heavy atom. The zero-order chi connectivity index (χ0) is 35.6. The van der Waals surface area contributed by atoms with Gasteiger partial charge in [-0.15, -0.1) is 0 Å². The summed E-state index contributed by atoms with van der Waals surface area (Å²) >= 11 is 0. The monoisotopic (exact) mass is 684 g/mol. The summed E-state index contributed by atoms with van der Waals surface area (Å²) < 4.78 is 0. The molecule has 54 heavy (non-hydrogen) atoms. The highest BCUT2D eigenvalue weighted by Crippen LogP contribution is 2.52. The molecule has 11 rings (SSSR count). The molecule has 0 nitrogen and oxygen atoms in total. The number of benzene rings is 9. The van der Waals surface area contributed by atoms with Crippen LogP contribution in [0.3, 0.4) is 0 Å². The van der Waals surface area contributed by atoms with Crippen LogP contribution in [0.15, 0.2) is 206 Å². The number of rotatable bonds is 4. The van der Waals surface area contributed by atoms with E-state index in [4.69, 9.17) is 0 Å². The Balaban J connectivity index is 1.41. The third-order valence-corrected chi connectivity index (χ3v) is 11.8. The molecule has 0 heteroatoms. The maximum atomic E-state index is 2.41. The maximum Gasteiger partial charge on any atom is 0.00618 e. The van der Waals surface area contributed by atoms with Crippen molar-refractivity contribution in [1.29, 1.82) is 0 Å². The quantitative estimate of drug-likeness (QED) is 0.162. The summed E-state index contributed by atoms with van der Waals surface area (Å²) in [6, 6.07) is 60.9. The van der Waals surface area contributed by atoms with Gasteiger partial charge in [0, 0.05) is 5.92 Å². The Bertz CT molecular complexity index is 3110. The molecule has 252 valence electrons. The largest absolute Gasteiger partial charge is 0.0830 e. The molecule has 9 aromatic rings. The summed E-state index contributed by atoms with van der Waals surface area (Å²) in [5.74, 6) is 0.351. The van der Waals surface area contributed by atoms with Crippen LogP contribution in [0.5, 0.6) is 0 Å². The highest BCUT2D eigenvalue weighted by molar-refractivity contribution is 6.28. The molecule has 1 atom stereocenters. The second-order valence-corrected chi connectivity index (χ2v) is 14.6. The molecular formula is C54H36. The van der Waals surface area contributed by atoms with Gasteiger partial charge in [-0.05, 0) is 110 Å². The lowest BCUT2D eigenvalue weighted by Crippen LogP contribution is -2.08. The summed E-state index contributed by atoms with van der Waals surface area (Å²) in [7, 11) is 0. The first-order chi connectivity index (χ1) is 26.8. The van der Waals surface area contributed by atoms with Crippen molar-refractivity contribution >= 4 is 59.4 Å². The first kappa shape index (κ1) is 30.8. The standard InChI is InChI=1S/C54H36/c1-5-23-39-35(15-1)19-9-27-43(39)47-31-13-33-49-52(46-30-12-22-38-18-4-8-26-42(38)46)54-48(44-28-10-20-36-16-2-6-24-40(36)44)32-14-34-50(54)51(53(47)49)45-29-11-21-37-17-3-7-25-41(37)45/h1-21,23-34,38H,22H2. The highest BCUT2D eigenvalue weighted by atomic mass is 14.3. The van der Waals surface area contributed by atoms with Crippen molar-refractivity contribution in [2.45, 2.75) is 6.42 Å². The molecule has 0 amide bonds. The van der Waals surface area contributed by atoms with Crippen LogP contribution in [0.1, 0.15) is 12.0 Å². The smallest absolute Gasteiger partial charge is 0.00618 e. The van der Waals surface area contributed by atoms with Crippen LogP contribution in [0.4, 0.5) is 0 Å². The predicted octanol–water partition coefficient (Wildman–Crippen LogP) is 14.9. The topological polar surface area (TPSA) is 0 Å². The van der Waals surface area contributed by atoms with E-state index in [2.05, 4.69) is 200 Å². The number of fused-ring (bicyclic) bond motifs is 6. The van der Waals surface area contributed by atoms with Gasteiger partial charge in [-0.25, -0.2) is 0 Å². The van der Waals surface area contributed by atoms with Crippen LogP contribution in [0.25, 0.3) is 92.8 Å². The fourth-order valence-corrected chi connectivity index (χ4v) is 9.44. The van der Waals surface area contributed by atoms with E-state index in [1.165, 1.54) is 104 Å². The van der Waals surface area contributed by atoms with Crippen LogP contribution in [-0.4, -0.2) is 0 Å². The Morgan fingerprint density at radius 2 is 0.796 bits per heavy atom. The zero-order valence-corrected chi connectivity index (χ0v) is 29.8. The van der Waals surface area contributed by atoms with E-state index in [0.717, 1.165) is 6.42 Å². The summed E-state index contributed by atoms with van der Waals surface area (Å²) in [5, 5.41) is 12.7. The Kier molecular flexibility index (Phi) is 7.10. The minimum Gasteiger partial charge on any atom is -0.0830 e. The van der Waals surface area contributed by atoms with Crippen molar-refractivity contribution in [3.05, 3.63) is 211 Å². The van der Waals surface area contributed by atoms with Crippen LogP contribution in [-0.2, 0) is 0 Å². The van der Waals surface area contributed by atoms with Crippen LogP contribution in [0.2, 0.25) is 0 Å². The van der Waals surface area contributed by atoms with Gasteiger partial charge in [0.05, 0.1) is 0 Å². The van der Waals surface area contributed by atoms with Crippen LogP contribution in [0, 0.1) is 5.92 Å². The van der Waals surface area contributed by atoms with Crippen molar-refractivity contribution in [2.75, 3.05) is 0 Å². The number of allylic oxidation sites excluding steroid dienone is 8. The SMILES string of the molecule is C1=CC2=C(c3c4cccc(-c5cccc6ccccc56)c4c(-c4cccc5ccccc45)c4cccc(-c5cccc6ccccc56)c34)C=CCC2C=C1. The van der Waals surface area contributed by atoms with Gasteiger partial charge in [0.2, 0.25) is 0 Å². The molecule has 0 heterocycles. The lowest BCUT2D eigenvalue weighted by molar-refractivity contribution is 0.784. The zero-order valence-electron chi connectivity index (χ0n) is 29.8. The summed E-state index contributed by atoms with van der Waals surface area (Å²) in [4.78, 5) is 0. The summed E-state index contributed by atoms with van der Waals surface area (Å²) in [6.07, 6.45) is 15.0. The summed E-state index contributed by atoms with van der Waals surface area (Å²) in [5.41, 5.74) is 11.6. The van der Waals surface area contributed by atoms with Gasteiger partial charge in [-0.3, -0.25) is 0 Å². The molecule has 2 aliphatic carbocycles. The average Bonchev–Trinajstić information content (AvgIpc) is 3.24. The normalized spacial score (nSPS) is 15.2. The minimum atomic E-state index is 0.351. The lowest BCUT2D eigenvalue weighted by Gasteiger charge is -2.28. The molecule has 0 aromatic heterocycles. The second-order valence-electron chi connectivity index (χ2n) is 14.6. The van der Waals surface area contributed by atoms with Gasteiger partial charge in [-0.2, -0.15) is 0 Å². The molecular weight excluding hydrogens is 649 g/mol. The fourth-order valence-electron chi connectivity index (χ4n) is 9.44. The fraction of sp³-hybridized carbons (Fsp3) is 0.0370. The van der Waals surface area contributed by atoms with Crippen molar-refractivity contribution in [1.82, 2.24) is 0 Å². The summed E-state index contributed by atoms with van der Waals surface area (Å²) in [6.45, 7) is 0. The van der Waals surface area contributed by atoms with Gasteiger partial charge in [0.15, 0.2) is 0 Å². The van der Waals surface area contributed by atoms with E-state index < -0.39 is 0 Å². The van der Waals surface area contributed by atoms with Gasteiger partial charge in [-0.1, -0.05) is 200 Å². The molecule has 2 aliphatic rings. The molecule has 0 N–H and O–H groups in total. The molecule has 0 aliphatic heterocycles. The first-order valence-electron chi connectivity index (χ1n) is 19.1. The molecule has 9 aromatic carbocycles.